The van der Waals surface area contributed by atoms with E-state index in [-0.39, 0.29) is 5.91 Å². The largest absolute Gasteiger partial charge is 0.378 e. The van der Waals surface area contributed by atoms with Gasteiger partial charge in [0.15, 0.2) is 0 Å². The van der Waals surface area contributed by atoms with Gasteiger partial charge in [-0.25, -0.2) is 0 Å². The molecule has 0 bridgehead atoms. The number of benzene rings is 2. The molecule has 0 atom stereocenters. The summed E-state index contributed by atoms with van der Waals surface area (Å²) in [6.45, 7) is 2.61. The minimum atomic E-state index is -0.0430. The van der Waals surface area contributed by atoms with Gasteiger partial charge < -0.3 is 10.2 Å². The minimum absolute atomic E-state index is 0.0430. The number of hydrogen-bond donors (Lipinski definition) is 1. The topological polar surface area (TPSA) is 32.3 Å². The molecule has 1 amide bonds. The first-order valence-corrected chi connectivity index (χ1v) is 6.68. The average Bonchev–Trinajstić information content (AvgIpc) is 2.46. The Morgan fingerprint density at radius 1 is 1.05 bits per heavy atom. The number of amides is 1. The van der Waals surface area contributed by atoms with Crippen LogP contribution < -0.4 is 10.2 Å². The molecule has 3 nitrogen and oxygen atoms in total. The Balaban J connectivity index is 2.00. The summed E-state index contributed by atoms with van der Waals surface area (Å²) in [5.74, 6) is -0.0430. The highest BCUT2D eigenvalue weighted by atomic mass is 16.1. The van der Waals surface area contributed by atoms with Gasteiger partial charge in [-0.05, 0) is 42.3 Å². The first-order chi connectivity index (χ1) is 9.58. The van der Waals surface area contributed by atoms with E-state index in [2.05, 4.69) is 5.32 Å². The Bertz CT molecular complexity index is 588. The average molecular weight is 268 g/mol. The minimum Gasteiger partial charge on any atom is -0.378 e. The second-order valence-corrected chi connectivity index (χ2v) is 5.05. The van der Waals surface area contributed by atoms with Gasteiger partial charge in [0.05, 0.1) is 0 Å². The van der Waals surface area contributed by atoms with Crippen molar-refractivity contribution in [1.29, 1.82) is 0 Å². The molecule has 1 N–H and O–H groups in total. The van der Waals surface area contributed by atoms with Crippen molar-refractivity contribution < 1.29 is 4.79 Å². The highest BCUT2D eigenvalue weighted by molar-refractivity contribution is 5.94. The molecule has 0 aliphatic rings. The van der Waals surface area contributed by atoms with Gasteiger partial charge in [0.2, 0.25) is 0 Å². The maximum atomic E-state index is 12.1. The first-order valence-electron chi connectivity index (χ1n) is 6.68. The van der Waals surface area contributed by atoms with E-state index in [0.717, 1.165) is 11.3 Å². The summed E-state index contributed by atoms with van der Waals surface area (Å²) < 4.78 is 0. The van der Waals surface area contributed by atoms with Gasteiger partial charge in [0, 0.05) is 31.9 Å². The zero-order chi connectivity index (χ0) is 14.5. The molecule has 0 saturated heterocycles. The Morgan fingerprint density at radius 3 is 2.30 bits per heavy atom. The number of anilines is 1. The summed E-state index contributed by atoms with van der Waals surface area (Å²) >= 11 is 0. The number of nitrogens with one attached hydrogen (secondary N) is 1. The Kier molecular flexibility index (Phi) is 4.41. The van der Waals surface area contributed by atoms with E-state index in [9.17, 15) is 4.79 Å². The number of aryl methyl sites for hydroxylation is 1. The van der Waals surface area contributed by atoms with Gasteiger partial charge >= 0.3 is 0 Å². The van der Waals surface area contributed by atoms with Crippen LogP contribution in [0.4, 0.5) is 5.69 Å². The monoisotopic (exact) mass is 268 g/mol. The Morgan fingerprint density at radius 2 is 1.70 bits per heavy atom. The van der Waals surface area contributed by atoms with E-state index in [4.69, 9.17) is 0 Å². The van der Waals surface area contributed by atoms with Crippen molar-refractivity contribution in [3.8, 4) is 0 Å². The maximum absolute atomic E-state index is 12.1. The molecule has 0 aliphatic carbocycles. The molecule has 0 aliphatic heterocycles. The molecule has 0 radical (unpaired) electrons. The quantitative estimate of drug-likeness (QED) is 0.924. The third-order valence-electron chi connectivity index (χ3n) is 3.35. The van der Waals surface area contributed by atoms with Gasteiger partial charge in [0.1, 0.15) is 0 Å². The lowest BCUT2D eigenvalue weighted by Crippen LogP contribution is -2.23. The van der Waals surface area contributed by atoms with Gasteiger partial charge in [-0.1, -0.05) is 24.3 Å². The van der Waals surface area contributed by atoms with Crippen molar-refractivity contribution >= 4 is 11.6 Å². The number of hydrogen-bond acceptors (Lipinski definition) is 2. The van der Waals surface area contributed by atoms with Crippen molar-refractivity contribution in [2.45, 2.75) is 13.5 Å². The summed E-state index contributed by atoms with van der Waals surface area (Å²) in [7, 11) is 3.96. The molecule has 2 aromatic carbocycles. The van der Waals surface area contributed by atoms with E-state index in [0.29, 0.717) is 12.1 Å². The van der Waals surface area contributed by atoms with Crippen molar-refractivity contribution in [1.82, 2.24) is 5.32 Å². The fourth-order valence-electron chi connectivity index (χ4n) is 2.00. The molecule has 104 valence electrons. The third-order valence-corrected chi connectivity index (χ3v) is 3.35. The predicted octanol–water partition coefficient (Wildman–Crippen LogP) is 2.99. The molecule has 0 heterocycles. The molecule has 20 heavy (non-hydrogen) atoms. The summed E-state index contributed by atoms with van der Waals surface area (Å²) in [5.41, 5.74) is 4.10. The highest BCUT2D eigenvalue weighted by Crippen LogP contribution is 2.12. The number of rotatable bonds is 4. The van der Waals surface area contributed by atoms with Crippen molar-refractivity contribution in [3.05, 3.63) is 65.2 Å². The SMILES string of the molecule is Cc1ccccc1CNC(=O)c1ccc(N(C)C)cc1. The van der Waals surface area contributed by atoms with Crippen LogP contribution in [0.3, 0.4) is 0 Å². The van der Waals surface area contributed by atoms with E-state index >= 15 is 0 Å². The van der Waals surface area contributed by atoms with E-state index in [1.54, 1.807) is 0 Å². The molecule has 0 saturated carbocycles. The lowest BCUT2D eigenvalue weighted by molar-refractivity contribution is 0.0951. The van der Waals surface area contributed by atoms with Crippen LogP contribution in [0.5, 0.6) is 0 Å². The van der Waals surface area contributed by atoms with E-state index in [1.807, 2.05) is 74.4 Å². The molecule has 3 heteroatoms. The summed E-state index contributed by atoms with van der Waals surface area (Å²) in [6, 6.07) is 15.7. The van der Waals surface area contributed by atoms with Crippen LogP contribution >= 0.6 is 0 Å². The molecule has 2 aromatic rings. The number of carbonyl (C=O) groups excluding carboxylic acids is 1. The summed E-state index contributed by atoms with van der Waals surface area (Å²) in [5, 5.41) is 2.95. The van der Waals surface area contributed by atoms with Crippen LogP contribution in [0.15, 0.2) is 48.5 Å². The van der Waals surface area contributed by atoms with Crippen LogP contribution in [-0.4, -0.2) is 20.0 Å². The normalized spacial score (nSPS) is 10.2. The molecule has 2 rings (SSSR count). The van der Waals surface area contributed by atoms with Crippen molar-refractivity contribution in [2.24, 2.45) is 0 Å². The van der Waals surface area contributed by atoms with Gasteiger partial charge in [0.25, 0.3) is 5.91 Å². The summed E-state index contributed by atoms with van der Waals surface area (Å²) in [6.07, 6.45) is 0. The smallest absolute Gasteiger partial charge is 0.251 e. The Hall–Kier alpha value is -2.29. The fraction of sp³-hybridized carbons (Fsp3) is 0.235. The van der Waals surface area contributed by atoms with Crippen LogP contribution in [0.25, 0.3) is 0 Å². The zero-order valence-electron chi connectivity index (χ0n) is 12.2. The standard InChI is InChI=1S/C17H20N2O/c1-13-6-4-5-7-15(13)12-18-17(20)14-8-10-16(11-9-14)19(2)3/h4-11H,12H2,1-3H3,(H,18,20). The zero-order valence-corrected chi connectivity index (χ0v) is 12.2. The van der Waals surface area contributed by atoms with Crippen LogP contribution in [0, 0.1) is 6.92 Å². The second-order valence-electron chi connectivity index (χ2n) is 5.05. The van der Waals surface area contributed by atoms with Gasteiger partial charge in [-0.3, -0.25) is 4.79 Å². The predicted molar refractivity (Wildman–Crippen MR) is 83.1 cm³/mol. The maximum Gasteiger partial charge on any atom is 0.251 e. The summed E-state index contributed by atoms with van der Waals surface area (Å²) in [4.78, 5) is 14.1. The lowest BCUT2D eigenvalue weighted by Gasteiger charge is -2.13. The molecule has 0 spiro atoms. The lowest BCUT2D eigenvalue weighted by atomic mass is 10.1. The van der Waals surface area contributed by atoms with Gasteiger partial charge in [-0.2, -0.15) is 0 Å². The van der Waals surface area contributed by atoms with Crippen LogP contribution in [0.1, 0.15) is 21.5 Å². The van der Waals surface area contributed by atoms with E-state index < -0.39 is 0 Å². The Labute approximate surface area is 120 Å². The fourth-order valence-corrected chi connectivity index (χ4v) is 2.00. The molecular weight excluding hydrogens is 248 g/mol. The number of carbonyl (C=O) groups is 1. The third kappa shape index (κ3) is 3.38. The van der Waals surface area contributed by atoms with Crippen molar-refractivity contribution in [3.63, 3.8) is 0 Å². The van der Waals surface area contributed by atoms with Crippen LogP contribution in [-0.2, 0) is 6.54 Å². The molecular formula is C17H20N2O. The van der Waals surface area contributed by atoms with Crippen molar-refractivity contribution in [2.75, 3.05) is 19.0 Å². The van der Waals surface area contributed by atoms with E-state index in [1.165, 1.54) is 5.56 Å². The van der Waals surface area contributed by atoms with Crippen LogP contribution in [0.2, 0.25) is 0 Å². The molecule has 0 aromatic heterocycles. The first kappa shape index (κ1) is 14.1. The highest BCUT2D eigenvalue weighted by Gasteiger charge is 2.06. The van der Waals surface area contributed by atoms with Gasteiger partial charge in [-0.15, -0.1) is 0 Å². The number of nitrogens with zero attached hydrogens (tertiary/aromatic N) is 1. The molecule has 0 unspecified atom stereocenters. The molecule has 0 fully saturated rings. The second kappa shape index (κ2) is 6.24.